The van der Waals surface area contributed by atoms with Crippen molar-refractivity contribution in [2.45, 2.75) is 18.8 Å². The second-order valence-electron chi connectivity index (χ2n) is 6.56. The van der Waals surface area contributed by atoms with Crippen LogP contribution >= 0.6 is 0 Å². The first-order chi connectivity index (χ1) is 13.3. The van der Waals surface area contributed by atoms with Crippen LogP contribution in [0.4, 0.5) is 24.5 Å². The molecule has 0 aromatic heterocycles. The molecule has 1 atom stereocenters. The molecule has 0 spiro atoms. The Labute approximate surface area is 161 Å². The maximum absolute atomic E-state index is 13.1. The summed E-state index contributed by atoms with van der Waals surface area (Å²) in [6, 6.07) is 15.5. The summed E-state index contributed by atoms with van der Waals surface area (Å²) in [6.07, 6.45) is -5.07. The summed E-state index contributed by atoms with van der Waals surface area (Å²) in [5, 5.41) is 11.7. The van der Waals surface area contributed by atoms with Crippen LogP contribution in [0.15, 0.2) is 48.5 Å². The van der Waals surface area contributed by atoms with E-state index in [1.165, 1.54) is 6.07 Å². The van der Waals surface area contributed by atoms with E-state index in [2.05, 4.69) is 11.4 Å². The molecule has 5 nitrogen and oxygen atoms in total. The molecule has 146 valence electrons. The second kappa shape index (κ2) is 7.80. The Balaban J connectivity index is 1.91. The van der Waals surface area contributed by atoms with Gasteiger partial charge in [0.1, 0.15) is 12.7 Å². The number of nitriles is 1. The lowest BCUT2D eigenvalue weighted by Crippen LogP contribution is -2.47. The number of anilines is 2. The fraction of sp³-hybridized carbons (Fsp3) is 0.300. The molecular formula is C20H19F3N4O. The van der Waals surface area contributed by atoms with E-state index in [1.807, 2.05) is 11.9 Å². The Morgan fingerprint density at radius 3 is 2.50 bits per heavy atom. The van der Waals surface area contributed by atoms with Crippen LogP contribution in [0.2, 0.25) is 0 Å². The third-order valence-electron chi connectivity index (χ3n) is 4.58. The molecule has 2 aromatic rings. The van der Waals surface area contributed by atoms with Crippen molar-refractivity contribution >= 4 is 17.3 Å². The number of hydrogen-bond donors (Lipinski definition) is 1. The molecule has 3 rings (SSSR count). The average molecular weight is 388 g/mol. The van der Waals surface area contributed by atoms with Gasteiger partial charge in [0, 0.05) is 25.0 Å². The summed E-state index contributed by atoms with van der Waals surface area (Å²) >= 11 is 0. The molecule has 1 heterocycles. The van der Waals surface area contributed by atoms with E-state index in [9.17, 15) is 18.0 Å². The molecule has 1 aliphatic heterocycles. The summed E-state index contributed by atoms with van der Waals surface area (Å²) in [7, 11) is 1.83. The summed E-state index contributed by atoms with van der Waals surface area (Å²) < 4.78 is 39.3. The molecule has 2 aromatic carbocycles. The minimum absolute atomic E-state index is 0.218. The molecule has 1 amide bonds. The summed E-state index contributed by atoms with van der Waals surface area (Å²) in [6.45, 7) is -0.800. The van der Waals surface area contributed by atoms with Gasteiger partial charge < -0.3 is 15.1 Å². The largest absolute Gasteiger partial charge is 0.406 e. The van der Waals surface area contributed by atoms with E-state index >= 15 is 0 Å². The average Bonchev–Trinajstić information content (AvgIpc) is 2.67. The molecule has 1 aliphatic rings. The summed E-state index contributed by atoms with van der Waals surface area (Å²) in [4.78, 5) is 15.4. The number of rotatable bonds is 5. The number of nitrogens with one attached hydrogen (secondary N) is 1. The van der Waals surface area contributed by atoms with Crippen LogP contribution in [0.1, 0.15) is 28.5 Å². The molecule has 0 saturated heterocycles. The molecule has 0 saturated carbocycles. The number of alkyl halides is 3. The van der Waals surface area contributed by atoms with Gasteiger partial charge in [-0.2, -0.15) is 18.4 Å². The number of fused-ring (bicyclic) bond motifs is 1. The number of amides is 1. The van der Waals surface area contributed by atoms with Gasteiger partial charge in [-0.1, -0.05) is 24.3 Å². The van der Waals surface area contributed by atoms with Gasteiger partial charge in [-0.25, -0.2) is 0 Å². The normalized spacial score (nSPS) is 16.2. The Morgan fingerprint density at radius 1 is 1.18 bits per heavy atom. The zero-order valence-electron chi connectivity index (χ0n) is 15.2. The Morgan fingerprint density at radius 2 is 1.86 bits per heavy atom. The highest BCUT2D eigenvalue weighted by Crippen LogP contribution is 2.35. The Hall–Kier alpha value is -3.21. The van der Waals surface area contributed by atoms with Crippen molar-refractivity contribution in [3.63, 3.8) is 0 Å². The van der Waals surface area contributed by atoms with Crippen molar-refractivity contribution in [3.05, 3.63) is 59.7 Å². The number of benzene rings is 2. The number of halogens is 3. The number of carbonyl (C=O) groups is 1. The van der Waals surface area contributed by atoms with Gasteiger partial charge in [-0.05, 0) is 29.8 Å². The molecule has 0 unspecified atom stereocenters. The van der Waals surface area contributed by atoms with Crippen molar-refractivity contribution in [3.8, 4) is 6.07 Å². The molecule has 0 radical (unpaired) electrons. The van der Waals surface area contributed by atoms with Gasteiger partial charge in [-0.3, -0.25) is 4.79 Å². The molecule has 28 heavy (non-hydrogen) atoms. The van der Waals surface area contributed by atoms with Gasteiger partial charge >= 0.3 is 6.18 Å². The standard InChI is InChI=1S/C20H19F3N4O/c1-26(12-4-11-24)15-9-7-14(8-10-15)18-25-17-6-3-2-5-16(17)19(28)27(18)13-20(21,22)23/h2-3,5-10,18,25H,4,12-13H2,1H3/t18-/m0/s1. The zero-order valence-corrected chi connectivity index (χ0v) is 15.2. The lowest BCUT2D eigenvalue weighted by Gasteiger charge is -2.38. The highest BCUT2D eigenvalue weighted by Gasteiger charge is 2.40. The predicted molar refractivity (Wildman–Crippen MR) is 99.8 cm³/mol. The van der Waals surface area contributed by atoms with Crippen molar-refractivity contribution < 1.29 is 18.0 Å². The Kier molecular flexibility index (Phi) is 5.45. The van der Waals surface area contributed by atoms with E-state index in [0.29, 0.717) is 24.2 Å². The van der Waals surface area contributed by atoms with Crippen LogP contribution in [-0.4, -0.2) is 37.1 Å². The molecule has 0 fully saturated rings. The fourth-order valence-electron chi connectivity index (χ4n) is 3.17. The van der Waals surface area contributed by atoms with Gasteiger partial charge in [0.05, 0.1) is 18.1 Å². The van der Waals surface area contributed by atoms with Crippen molar-refractivity contribution in [2.24, 2.45) is 0 Å². The molecule has 1 N–H and O–H groups in total. The number of nitrogens with zero attached hydrogens (tertiary/aromatic N) is 3. The highest BCUT2D eigenvalue weighted by molar-refractivity contribution is 6.01. The predicted octanol–water partition coefficient (Wildman–Crippen LogP) is 4.17. The van der Waals surface area contributed by atoms with Gasteiger partial charge in [-0.15, -0.1) is 0 Å². The number of hydrogen-bond acceptors (Lipinski definition) is 4. The SMILES string of the molecule is CN(CCC#N)c1ccc([C@H]2Nc3ccccc3C(=O)N2CC(F)(F)F)cc1. The van der Waals surface area contributed by atoms with E-state index in [1.54, 1.807) is 42.5 Å². The highest BCUT2D eigenvalue weighted by atomic mass is 19.4. The lowest BCUT2D eigenvalue weighted by molar-refractivity contribution is -0.144. The third kappa shape index (κ3) is 4.19. The maximum atomic E-state index is 13.1. The van der Waals surface area contributed by atoms with E-state index in [4.69, 9.17) is 5.26 Å². The van der Waals surface area contributed by atoms with E-state index in [-0.39, 0.29) is 5.56 Å². The number of para-hydroxylation sites is 1. The quantitative estimate of drug-likeness (QED) is 0.835. The maximum Gasteiger partial charge on any atom is 0.406 e. The van der Waals surface area contributed by atoms with Crippen molar-refractivity contribution in [1.29, 1.82) is 5.26 Å². The summed E-state index contributed by atoms with van der Waals surface area (Å²) in [5.41, 5.74) is 2.11. The zero-order chi connectivity index (χ0) is 20.3. The lowest BCUT2D eigenvalue weighted by atomic mass is 10.0. The smallest absolute Gasteiger partial charge is 0.374 e. The van der Waals surface area contributed by atoms with Crippen LogP contribution < -0.4 is 10.2 Å². The van der Waals surface area contributed by atoms with Gasteiger partial charge in [0.25, 0.3) is 5.91 Å². The fourth-order valence-corrected chi connectivity index (χ4v) is 3.17. The topological polar surface area (TPSA) is 59.4 Å². The van der Waals surface area contributed by atoms with Crippen LogP contribution in [-0.2, 0) is 0 Å². The first-order valence-corrected chi connectivity index (χ1v) is 8.71. The van der Waals surface area contributed by atoms with E-state index < -0.39 is 24.8 Å². The first kappa shape index (κ1) is 19.5. The first-order valence-electron chi connectivity index (χ1n) is 8.71. The molecule has 8 heteroatoms. The van der Waals surface area contributed by atoms with Crippen LogP contribution in [0.25, 0.3) is 0 Å². The molecule has 0 bridgehead atoms. The van der Waals surface area contributed by atoms with E-state index in [0.717, 1.165) is 10.6 Å². The minimum atomic E-state index is -4.51. The molecular weight excluding hydrogens is 369 g/mol. The second-order valence-corrected chi connectivity index (χ2v) is 6.56. The van der Waals surface area contributed by atoms with Crippen molar-refractivity contribution in [2.75, 3.05) is 30.4 Å². The Bertz CT molecular complexity index is 890. The third-order valence-corrected chi connectivity index (χ3v) is 4.58. The molecule has 0 aliphatic carbocycles. The van der Waals surface area contributed by atoms with Crippen LogP contribution in [0, 0.1) is 11.3 Å². The van der Waals surface area contributed by atoms with Crippen LogP contribution in [0.5, 0.6) is 0 Å². The number of carbonyl (C=O) groups excluding carboxylic acids is 1. The van der Waals surface area contributed by atoms with Gasteiger partial charge in [0.2, 0.25) is 0 Å². The monoisotopic (exact) mass is 388 g/mol. The van der Waals surface area contributed by atoms with Crippen LogP contribution in [0.3, 0.4) is 0 Å². The van der Waals surface area contributed by atoms with Gasteiger partial charge in [0.15, 0.2) is 0 Å². The van der Waals surface area contributed by atoms with Crippen molar-refractivity contribution in [1.82, 2.24) is 4.90 Å². The summed E-state index contributed by atoms with van der Waals surface area (Å²) in [5.74, 6) is -0.660. The minimum Gasteiger partial charge on any atom is -0.374 e.